The number of thioether (sulfide) groups is 1. The zero-order chi connectivity index (χ0) is 9.84. The summed E-state index contributed by atoms with van der Waals surface area (Å²) in [6, 6.07) is 4.41. The van der Waals surface area contributed by atoms with E-state index in [1.807, 2.05) is 6.26 Å². The molecule has 70 valence electrons. The van der Waals surface area contributed by atoms with Crippen molar-refractivity contribution in [3.05, 3.63) is 35.1 Å². The van der Waals surface area contributed by atoms with Crippen LogP contribution in [0.15, 0.2) is 18.2 Å². The minimum Gasteiger partial charge on any atom is -0.293 e. The van der Waals surface area contributed by atoms with Gasteiger partial charge in [-0.05, 0) is 36.9 Å². The van der Waals surface area contributed by atoms with Gasteiger partial charge in [-0.1, -0.05) is 0 Å². The molecule has 13 heavy (non-hydrogen) atoms. The Morgan fingerprint density at radius 3 is 2.69 bits per heavy atom. The third kappa shape index (κ3) is 2.84. The van der Waals surface area contributed by atoms with E-state index in [1.165, 1.54) is 23.9 Å². The molecule has 0 saturated heterocycles. The van der Waals surface area contributed by atoms with Crippen LogP contribution < -0.4 is 0 Å². The molecule has 0 aliphatic carbocycles. The molecular formula is C10H11FOS. The van der Waals surface area contributed by atoms with E-state index in [9.17, 15) is 9.18 Å². The van der Waals surface area contributed by atoms with Crippen LogP contribution in [-0.2, 0) is 0 Å². The molecule has 0 saturated carbocycles. The van der Waals surface area contributed by atoms with Crippen LogP contribution in [-0.4, -0.2) is 17.8 Å². The van der Waals surface area contributed by atoms with Gasteiger partial charge in [-0.25, -0.2) is 4.39 Å². The molecule has 1 nitrogen and oxygen atoms in total. The largest absolute Gasteiger partial charge is 0.293 e. The highest BCUT2D eigenvalue weighted by atomic mass is 32.2. The third-order valence-corrected chi connectivity index (χ3v) is 2.19. The zero-order valence-electron chi connectivity index (χ0n) is 7.63. The van der Waals surface area contributed by atoms with Gasteiger partial charge in [-0.15, -0.1) is 0 Å². The Labute approximate surface area is 81.3 Å². The van der Waals surface area contributed by atoms with Crippen molar-refractivity contribution in [3.8, 4) is 0 Å². The van der Waals surface area contributed by atoms with E-state index in [2.05, 4.69) is 0 Å². The fourth-order valence-electron chi connectivity index (χ4n) is 1.11. The van der Waals surface area contributed by atoms with Gasteiger partial charge in [0.15, 0.2) is 5.78 Å². The Kier molecular flexibility index (Phi) is 3.48. The molecule has 0 fully saturated rings. The summed E-state index contributed by atoms with van der Waals surface area (Å²) < 4.78 is 12.9. The first-order valence-corrected chi connectivity index (χ1v) is 5.32. The minimum absolute atomic E-state index is 0.0184. The van der Waals surface area contributed by atoms with Crippen molar-refractivity contribution in [2.24, 2.45) is 0 Å². The molecule has 0 N–H and O–H groups in total. The van der Waals surface area contributed by atoms with Crippen molar-refractivity contribution in [3.63, 3.8) is 0 Å². The summed E-state index contributed by atoms with van der Waals surface area (Å²) in [5.74, 6) is 0.0441. The molecule has 0 aromatic heterocycles. The fourth-order valence-corrected chi connectivity index (χ4v) is 1.54. The number of hydrogen-bond acceptors (Lipinski definition) is 2. The summed E-state index contributed by atoms with van der Waals surface area (Å²) in [7, 11) is 0. The maximum atomic E-state index is 12.9. The van der Waals surface area contributed by atoms with Crippen LogP contribution in [0.3, 0.4) is 0 Å². The van der Waals surface area contributed by atoms with Crippen LogP contribution in [0, 0.1) is 12.7 Å². The van der Waals surface area contributed by atoms with Gasteiger partial charge >= 0.3 is 0 Å². The van der Waals surface area contributed by atoms with Gasteiger partial charge in [0.25, 0.3) is 0 Å². The average Bonchev–Trinajstić information content (AvgIpc) is 2.03. The van der Waals surface area contributed by atoms with Crippen molar-refractivity contribution in [2.75, 3.05) is 12.0 Å². The van der Waals surface area contributed by atoms with Crippen molar-refractivity contribution < 1.29 is 9.18 Å². The van der Waals surface area contributed by atoms with Gasteiger partial charge in [0.05, 0.1) is 5.75 Å². The normalized spacial score (nSPS) is 10.1. The lowest BCUT2D eigenvalue weighted by molar-refractivity contribution is 0.102. The van der Waals surface area contributed by atoms with Crippen LogP contribution in [0.25, 0.3) is 0 Å². The third-order valence-electron chi connectivity index (χ3n) is 1.64. The van der Waals surface area contributed by atoms with Gasteiger partial charge in [0.1, 0.15) is 5.82 Å². The maximum absolute atomic E-state index is 12.9. The number of carbonyl (C=O) groups is 1. The summed E-state index contributed by atoms with van der Waals surface area (Å²) in [5.41, 5.74) is 1.25. The smallest absolute Gasteiger partial charge is 0.172 e. The highest BCUT2D eigenvalue weighted by Gasteiger charge is 2.06. The second kappa shape index (κ2) is 4.42. The number of carbonyl (C=O) groups excluding carboxylic acids is 1. The Hall–Kier alpha value is -0.830. The molecule has 0 aliphatic rings. The molecule has 0 heterocycles. The monoisotopic (exact) mass is 198 g/mol. The predicted octanol–water partition coefficient (Wildman–Crippen LogP) is 2.68. The van der Waals surface area contributed by atoms with E-state index >= 15 is 0 Å². The van der Waals surface area contributed by atoms with E-state index < -0.39 is 0 Å². The standard InChI is InChI=1S/C10H11FOS/c1-7-3-8(5-9(11)4-7)10(12)6-13-2/h3-5H,6H2,1-2H3. The van der Waals surface area contributed by atoms with E-state index in [1.54, 1.807) is 13.0 Å². The Morgan fingerprint density at radius 1 is 1.46 bits per heavy atom. The lowest BCUT2D eigenvalue weighted by Crippen LogP contribution is -2.02. The molecule has 3 heteroatoms. The fraction of sp³-hybridized carbons (Fsp3) is 0.300. The number of benzene rings is 1. The Morgan fingerprint density at radius 2 is 2.15 bits per heavy atom. The van der Waals surface area contributed by atoms with Crippen molar-refractivity contribution in [1.82, 2.24) is 0 Å². The van der Waals surface area contributed by atoms with Gasteiger partial charge in [0, 0.05) is 5.56 Å². The average molecular weight is 198 g/mol. The van der Waals surface area contributed by atoms with E-state index in [-0.39, 0.29) is 11.6 Å². The topological polar surface area (TPSA) is 17.1 Å². The molecule has 0 bridgehead atoms. The van der Waals surface area contributed by atoms with Crippen LogP contribution in [0.5, 0.6) is 0 Å². The van der Waals surface area contributed by atoms with E-state index in [0.29, 0.717) is 11.3 Å². The van der Waals surface area contributed by atoms with Gasteiger partial charge < -0.3 is 0 Å². The number of aryl methyl sites for hydroxylation is 1. The van der Waals surface area contributed by atoms with Gasteiger partial charge in [-0.2, -0.15) is 11.8 Å². The number of ketones is 1. The molecule has 1 rings (SSSR count). The summed E-state index contributed by atoms with van der Waals surface area (Å²) in [5, 5.41) is 0. The van der Waals surface area contributed by atoms with Crippen LogP contribution in [0.4, 0.5) is 4.39 Å². The quantitative estimate of drug-likeness (QED) is 0.694. The first-order valence-electron chi connectivity index (χ1n) is 3.93. The highest BCUT2D eigenvalue weighted by Crippen LogP contribution is 2.10. The second-order valence-electron chi connectivity index (χ2n) is 2.87. The second-order valence-corrected chi connectivity index (χ2v) is 3.74. The number of hydrogen-bond donors (Lipinski definition) is 0. The summed E-state index contributed by atoms with van der Waals surface area (Å²) >= 11 is 1.44. The molecule has 0 spiro atoms. The first kappa shape index (κ1) is 10.3. The molecular weight excluding hydrogens is 187 g/mol. The van der Waals surface area contributed by atoms with Gasteiger partial charge in [0.2, 0.25) is 0 Å². The molecule has 1 aromatic rings. The first-order chi connectivity index (χ1) is 6.13. The molecule has 1 aromatic carbocycles. The van der Waals surface area contributed by atoms with Crippen molar-refractivity contribution >= 4 is 17.5 Å². The van der Waals surface area contributed by atoms with Gasteiger partial charge in [-0.3, -0.25) is 4.79 Å². The number of rotatable bonds is 3. The lowest BCUT2D eigenvalue weighted by atomic mass is 10.1. The molecule has 0 amide bonds. The van der Waals surface area contributed by atoms with Crippen LogP contribution >= 0.6 is 11.8 Å². The van der Waals surface area contributed by atoms with E-state index in [4.69, 9.17) is 0 Å². The highest BCUT2D eigenvalue weighted by molar-refractivity contribution is 7.99. The molecule has 0 aliphatic heterocycles. The lowest BCUT2D eigenvalue weighted by Gasteiger charge is -2.00. The molecule has 0 atom stereocenters. The number of halogens is 1. The summed E-state index contributed by atoms with van der Waals surface area (Å²) in [4.78, 5) is 11.4. The zero-order valence-corrected chi connectivity index (χ0v) is 8.45. The molecule has 0 radical (unpaired) electrons. The number of Topliss-reactive ketones (excluding diaryl/α,β-unsaturated/α-hetero) is 1. The van der Waals surface area contributed by atoms with Crippen LogP contribution in [0.2, 0.25) is 0 Å². The van der Waals surface area contributed by atoms with Crippen molar-refractivity contribution in [1.29, 1.82) is 0 Å². The predicted molar refractivity (Wildman–Crippen MR) is 53.8 cm³/mol. The van der Waals surface area contributed by atoms with E-state index in [0.717, 1.165) is 5.56 Å². The van der Waals surface area contributed by atoms with Crippen LogP contribution in [0.1, 0.15) is 15.9 Å². The summed E-state index contributed by atoms with van der Waals surface area (Å²) in [6.07, 6.45) is 1.85. The SMILES string of the molecule is CSCC(=O)c1cc(C)cc(F)c1. The Bertz CT molecular complexity index is 302. The molecule has 0 unspecified atom stereocenters. The summed E-state index contributed by atoms with van der Waals surface area (Å²) in [6.45, 7) is 1.78. The minimum atomic E-state index is -0.343. The van der Waals surface area contributed by atoms with Crippen molar-refractivity contribution in [2.45, 2.75) is 6.92 Å². The Balaban J connectivity index is 2.94. The maximum Gasteiger partial charge on any atom is 0.172 e.